The quantitative estimate of drug-likeness (QED) is 0.422. The SMILES string of the molecule is O=c1c2ncn([C@H]3C[C@H](O)[C@@H](CO)O3)c2nc[15n]1-c1ccc([N+](=O)[O-])cc1[N+](=O)[O-]. The number of imidazole rings is 1. The minimum atomic E-state index is -0.902. The molecule has 1 aliphatic rings. The van der Waals surface area contributed by atoms with Crippen LogP contribution in [0, 0.1) is 20.2 Å². The van der Waals surface area contributed by atoms with Gasteiger partial charge in [-0.1, -0.05) is 0 Å². The fourth-order valence-electron chi connectivity index (χ4n) is 3.32. The van der Waals surface area contributed by atoms with E-state index in [2.05, 4.69) is 9.97 Å². The van der Waals surface area contributed by atoms with Crippen molar-refractivity contribution < 1.29 is 24.8 Å². The maximum atomic E-state index is 12.9. The lowest BCUT2D eigenvalue weighted by Crippen LogP contribution is -2.24. The summed E-state index contributed by atoms with van der Waals surface area (Å²) < 4.78 is 7.84. The summed E-state index contributed by atoms with van der Waals surface area (Å²) in [5, 5.41) is 41.4. The predicted octanol–water partition coefficient (Wildman–Crippen LogP) is 0.0393. The van der Waals surface area contributed by atoms with Crippen LogP contribution in [0.4, 0.5) is 11.4 Å². The van der Waals surface area contributed by atoms with Crippen LogP contribution in [0.15, 0.2) is 35.6 Å². The summed E-state index contributed by atoms with van der Waals surface area (Å²) in [6.07, 6.45) is 0.0844. The number of fused-ring (bicyclic) bond motifs is 1. The summed E-state index contributed by atoms with van der Waals surface area (Å²) in [4.78, 5) is 41.7. The van der Waals surface area contributed by atoms with E-state index < -0.39 is 45.2 Å². The molecule has 14 heteroatoms. The van der Waals surface area contributed by atoms with Gasteiger partial charge in [-0.2, -0.15) is 0 Å². The lowest BCUT2D eigenvalue weighted by Gasteiger charge is -2.13. The zero-order valence-corrected chi connectivity index (χ0v) is 15.1. The topological polar surface area (TPSA) is 189 Å². The van der Waals surface area contributed by atoms with E-state index in [0.717, 1.165) is 29.1 Å². The Balaban J connectivity index is 1.80. The van der Waals surface area contributed by atoms with E-state index >= 15 is 0 Å². The highest BCUT2D eigenvalue weighted by Gasteiger charge is 2.35. The van der Waals surface area contributed by atoms with Crippen LogP contribution in [0.25, 0.3) is 16.9 Å². The molecule has 0 aliphatic carbocycles. The van der Waals surface area contributed by atoms with E-state index in [-0.39, 0.29) is 29.9 Å². The smallest absolute Gasteiger partial charge is 0.300 e. The van der Waals surface area contributed by atoms with Gasteiger partial charge in [0.25, 0.3) is 16.9 Å². The van der Waals surface area contributed by atoms with Gasteiger partial charge in [0.1, 0.15) is 24.3 Å². The second-order valence-corrected chi connectivity index (χ2v) is 6.55. The van der Waals surface area contributed by atoms with Gasteiger partial charge < -0.3 is 14.9 Å². The van der Waals surface area contributed by atoms with E-state index in [4.69, 9.17) is 4.74 Å². The van der Waals surface area contributed by atoms with Crippen molar-refractivity contribution in [2.45, 2.75) is 24.9 Å². The van der Waals surface area contributed by atoms with Gasteiger partial charge in [0.15, 0.2) is 11.2 Å². The van der Waals surface area contributed by atoms with Crippen molar-refractivity contribution in [1.29, 1.82) is 0 Å². The zero-order valence-electron chi connectivity index (χ0n) is 15.1. The lowest BCUT2D eigenvalue weighted by molar-refractivity contribution is -0.394. The average Bonchev–Trinajstić information content (AvgIpc) is 3.31. The van der Waals surface area contributed by atoms with E-state index in [9.17, 15) is 35.2 Å². The van der Waals surface area contributed by atoms with Crippen molar-refractivity contribution in [3.63, 3.8) is 0 Å². The van der Waals surface area contributed by atoms with Gasteiger partial charge in [-0.3, -0.25) is 34.2 Å². The number of nitro groups is 2. The largest absolute Gasteiger partial charge is 0.394 e. The van der Waals surface area contributed by atoms with Crippen LogP contribution in [-0.2, 0) is 4.74 Å². The maximum Gasteiger partial charge on any atom is 0.300 e. The Morgan fingerprint density at radius 2 is 1.97 bits per heavy atom. The molecule has 14 nitrogen and oxygen atoms in total. The van der Waals surface area contributed by atoms with Crippen molar-refractivity contribution >= 4 is 22.5 Å². The van der Waals surface area contributed by atoms with Gasteiger partial charge >= 0.3 is 0 Å². The average molecular weight is 419 g/mol. The Labute approximate surface area is 165 Å². The summed E-state index contributed by atoms with van der Waals surface area (Å²) in [6, 6.07) is 2.89. The summed E-state index contributed by atoms with van der Waals surface area (Å²) >= 11 is 0. The van der Waals surface area contributed by atoms with Crippen molar-refractivity contribution in [1.82, 2.24) is 19.1 Å². The molecule has 0 amide bonds. The molecule has 3 heterocycles. The Kier molecular flexibility index (Phi) is 4.73. The molecule has 0 radical (unpaired) electrons. The van der Waals surface area contributed by atoms with Crippen molar-refractivity contribution in [3.05, 3.63) is 61.4 Å². The Hall–Kier alpha value is -3.75. The number of aliphatic hydroxyl groups is 2. The molecule has 2 aromatic heterocycles. The Bertz CT molecular complexity index is 1220. The molecule has 4 rings (SSSR count). The molecule has 3 atom stereocenters. The molecule has 1 aliphatic heterocycles. The van der Waals surface area contributed by atoms with E-state index in [0.29, 0.717) is 0 Å². The van der Waals surface area contributed by atoms with E-state index in [1.807, 2.05) is 0 Å². The number of ether oxygens (including phenoxy) is 1. The van der Waals surface area contributed by atoms with Crippen LogP contribution < -0.4 is 5.56 Å². The van der Waals surface area contributed by atoms with Gasteiger partial charge in [-0.25, -0.2) is 9.97 Å². The first-order valence-electron chi connectivity index (χ1n) is 8.63. The van der Waals surface area contributed by atoms with Gasteiger partial charge in [0, 0.05) is 12.5 Å². The Morgan fingerprint density at radius 3 is 2.60 bits per heavy atom. The second kappa shape index (κ2) is 7.25. The molecule has 30 heavy (non-hydrogen) atoms. The number of aliphatic hydroxyl groups excluding tert-OH is 2. The summed E-state index contributed by atoms with van der Waals surface area (Å²) in [5.74, 6) is 0. The molecule has 0 saturated carbocycles. The molecular formula is C16H14N6O8. The first-order valence-corrected chi connectivity index (χ1v) is 8.63. The number of hydrogen-bond acceptors (Lipinski definition) is 10. The van der Waals surface area contributed by atoms with Gasteiger partial charge in [-0.15, -0.1) is 0 Å². The fourth-order valence-corrected chi connectivity index (χ4v) is 3.32. The highest BCUT2D eigenvalue weighted by atomic mass is 16.6. The van der Waals surface area contributed by atoms with Crippen LogP contribution in [0.2, 0.25) is 0 Å². The third-order valence-electron chi connectivity index (χ3n) is 4.80. The molecule has 2 N–H and O–H groups in total. The molecule has 1 saturated heterocycles. The first-order chi connectivity index (χ1) is 14.3. The number of non-ortho nitro benzene ring substituents is 1. The van der Waals surface area contributed by atoms with Crippen LogP contribution in [0.3, 0.4) is 0 Å². The highest BCUT2D eigenvalue weighted by molar-refractivity contribution is 5.70. The van der Waals surface area contributed by atoms with Gasteiger partial charge in [0.2, 0.25) is 0 Å². The van der Waals surface area contributed by atoms with Crippen molar-refractivity contribution in [3.8, 4) is 5.69 Å². The minimum Gasteiger partial charge on any atom is -0.394 e. The molecule has 156 valence electrons. The van der Waals surface area contributed by atoms with Crippen LogP contribution in [-0.4, -0.2) is 58.0 Å². The summed E-state index contributed by atoms with van der Waals surface area (Å²) in [5.41, 5.74) is -2.06. The van der Waals surface area contributed by atoms with E-state index in [1.165, 1.54) is 10.9 Å². The number of nitrogens with zero attached hydrogens (tertiary/aromatic N) is 6. The normalized spacial score (nSPS) is 21.2. The first kappa shape index (κ1) is 19.6. The molecule has 1 fully saturated rings. The number of aromatic nitrogens is 4. The number of rotatable bonds is 5. The third-order valence-corrected chi connectivity index (χ3v) is 4.80. The molecular weight excluding hydrogens is 405 g/mol. The summed E-state index contributed by atoms with van der Waals surface area (Å²) in [6.45, 7) is -0.381. The van der Waals surface area contributed by atoms with Crippen molar-refractivity contribution in [2.75, 3.05) is 6.61 Å². The maximum absolute atomic E-state index is 12.9. The zero-order chi connectivity index (χ0) is 21.6. The monoisotopic (exact) mass is 419 g/mol. The van der Waals surface area contributed by atoms with Crippen molar-refractivity contribution in [2.24, 2.45) is 0 Å². The van der Waals surface area contributed by atoms with Crippen LogP contribution >= 0.6 is 0 Å². The molecule has 3 aromatic rings. The Morgan fingerprint density at radius 1 is 1.20 bits per heavy atom. The molecule has 1 aromatic carbocycles. The van der Waals surface area contributed by atoms with Gasteiger partial charge in [0.05, 0.1) is 35.0 Å². The predicted molar refractivity (Wildman–Crippen MR) is 98.1 cm³/mol. The standard InChI is InChI=1S/C16H14N6O8/c23-5-12-11(24)4-13(30-12)20-6-17-14-15(20)18-7-19(16(14)25)9-2-1-8(21(26)27)3-10(9)22(28)29/h1-3,6-7,11-13,23-24H,4-5H2/t11-,12+,13+/m0/s1/i19+1. The lowest BCUT2D eigenvalue weighted by atomic mass is 10.2. The highest BCUT2D eigenvalue weighted by Crippen LogP contribution is 2.31. The second-order valence-electron chi connectivity index (χ2n) is 6.55. The summed E-state index contributed by atoms with van der Waals surface area (Å²) in [7, 11) is 0. The molecule has 0 unspecified atom stereocenters. The molecule has 0 bridgehead atoms. The third kappa shape index (κ3) is 3.08. The van der Waals surface area contributed by atoms with Crippen LogP contribution in [0.5, 0.6) is 0 Å². The number of hydrogen-bond donors (Lipinski definition) is 2. The minimum absolute atomic E-state index is 0.115. The fraction of sp³-hybridized carbons (Fsp3) is 0.312. The van der Waals surface area contributed by atoms with Gasteiger partial charge in [-0.05, 0) is 6.07 Å². The van der Waals surface area contributed by atoms with E-state index in [1.54, 1.807) is 0 Å². The number of benzene rings is 1. The number of nitro benzene ring substituents is 2. The van der Waals surface area contributed by atoms with Crippen LogP contribution in [0.1, 0.15) is 12.6 Å². The molecule has 0 spiro atoms.